The number of nitrogens with zero attached hydrogens (tertiary/aromatic N) is 1. The first-order valence-corrected chi connectivity index (χ1v) is 4.77. The van der Waals surface area contributed by atoms with Crippen molar-refractivity contribution in [1.82, 2.24) is 4.90 Å². The third kappa shape index (κ3) is 4.73. The summed E-state index contributed by atoms with van der Waals surface area (Å²) in [4.78, 5) is 2.43. The molecule has 0 spiro atoms. The molecule has 0 heterocycles. The summed E-state index contributed by atoms with van der Waals surface area (Å²) in [7, 11) is 1.77. The second kappa shape index (κ2) is 5.55. The predicted octanol–water partition coefficient (Wildman–Crippen LogP) is 2.00. The quantitative estimate of drug-likeness (QED) is 0.609. The lowest BCUT2D eigenvalue weighted by molar-refractivity contribution is 0.0729. The van der Waals surface area contributed by atoms with Crippen molar-refractivity contribution in [3.63, 3.8) is 0 Å². The van der Waals surface area contributed by atoms with E-state index in [1.165, 1.54) is 0 Å². The molecule has 0 aromatic heterocycles. The van der Waals surface area contributed by atoms with E-state index < -0.39 is 0 Å². The number of rotatable bonds is 6. The maximum atomic E-state index is 5.17. The third-order valence-corrected chi connectivity index (χ3v) is 2.08. The van der Waals surface area contributed by atoms with Crippen molar-refractivity contribution in [3.8, 4) is 0 Å². The maximum Gasteiger partial charge on any atom is 0.0525 e. The molecule has 0 aromatic rings. The van der Waals surface area contributed by atoms with Crippen molar-refractivity contribution < 1.29 is 4.74 Å². The molecule has 0 amide bonds. The SMILES string of the molecule is CCN(CC)CC(C)(C)COC. The summed E-state index contributed by atoms with van der Waals surface area (Å²) >= 11 is 0. The van der Waals surface area contributed by atoms with Gasteiger partial charge in [-0.25, -0.2) is 0 Å². The van der Waals surface area contributed by atoms with Crippen molar-refractivity contribution in [1.29, 1.82) is 0 Å². The molecular formula is C10H23NO. The predicted molar refractivity (Wildman–Crippen MR) is 53.4 cm³/mol. The highest BCUT2D eigenvalue weighted by atomic mass is 16.5. The van der Waals surface area contributed by atoms with Crippen LogP contribution < -0.4 is 0 Å². The number of methoxy groups -OCH3 is 1. The molecule has 0 fully saturated rings. The molecule has 0 bridgehead atoms. The first kappa shape index (κ1) is 11.9. The largest absolute Gasteiger partial charge is 0.384 e. The van der Waals surface area contributed by atoms with Crippen LogP contribution in [-0.4, -0.2) is 38.3 Å². The van der Waals surface area contributed by atoms with Gasteiger partial charge in [-0.15, -0.1) is 0 Å². The molecule has 0 aliphatic rings. The molecule has 0 saturated heterocycles. The Morgan fingerprint density at radius 2 is 1.67 bits per heavy atom. The fraction of sp³-hybridized carbons (Fsp3) is 1.00. The van der Waals surface area contributed by atoms with Crippen LogP contribution in [0, 0.1) is 5.41 Å². The third-order valence-electron chi connectivity index (χ3n) is 2.08. The Balaban J connectivity index is 3.84. The molecule has 0 rings (SSSR count). The molecule has 0 atom stereocenters. The van der Waals surface area contributed by atoms with E-state index in [2.05, 4.69) is 32.6 Å². The monoisotopic (exact) mass is 173 g/mol. The lowest BCUT2D eigenvalue weighted by Crippen LogP contribution is -2.36. The second-order valence-electron chi connectivity index (χ2n) is 4.06. The fourth-order valence-corrected chi connectivity index (χ4v) is 1.49. The molecule has 0 saturated carbocycles. The number of ether oxygens (including phenoxy) is 1. The zero-order chi connectivity index (χ0) is 9.61. The summed E-state index contributed by atoms with van der Waals surface area (Å²) in [5.41, 5.74) is 0.279. The van der Waals surface area contributed by atoms with Crippen molar-refractivity contribution in [2.45, 2.75) is 27.7 Å². The Labute approximate surface area is 76.9 Å². The average molecular weight is 173 g/mol. The van der Waals surface area contributed by atoms with Gasteiger partial charge in [-0.1, -0.05) is 27.7 Å². The van der Waals surface area contributed by atoms with Crippen LogP contribution in [-0.2, 0) is 4.74 Å². The molecule has 0 unspecified atom stereocenters. The van der Waals surface area contributed by atoms with Crippen LogP contribution in [0.4, 0.5) is 0 Å². The number of hydrogen-bond acceptors (Lipinski definition) is 2. The molecule has 0 aliphatic heterocycles. The first-order chi connectivity index (χ1) is 5.55. The lowest BCUT2D eigenvalue weighted by Gasteiger charge is -2.30. The summed E-state index contributed by atoms with van der Waals surface area (Å²) in [5.74, 6) is 0. The average Bonchev–Trinajstić information content (AvgIpc) is 2.00. The van der Waals surface area contributed by atoms with Crippen LogP contribution in [0.3, 0.4) is 0 Å². The molecule has 74 valence electrons. The van der Waals surface area contributed by atoms with Gasteiger partial charge in [0.1, 0.15) is 0 Å². The van der Waals surface area contributed by atoms with Gasteiger partial charge in [-0.3, -0.25) is 0 Å². The van der Waals surface area contributed by atoms with E-state index in [4.69, 9.17) is 4.74 Å². The topological polar surface area (TPSA) is 12.5 Å². The van der Waals surface area contributed by atoms with Gasteiger partial charge < -0.3 is 9.64 Å². The van der Waals surface area contributed by atoms with Gasteiger partial charge in [-0.2, -0.15) is 0 Å². The highest BCUT2D eigenvalue weighted by Crippen LogP contribution is 2.16. The summed E-state index contributed by atoms with van der Waals surface area (Å²) in [6.45, 7) is 13.1. The minimum absolute atomic E-state index is 0.279. The van der Waals surface area contributed by atoms with E-state index in [9.17, 15) is 0 Å². The van der Waals surface area contributed by atoms with Gasteiger partial charge in [0.05, 0.1) is 6.61 Å². The van der Waals surface area contributed by atoms with Crippen LogP contribution in [0.5, 0.6) is 0 Å². The Bertz CT molecular complexity index is 108. The standard InChI is InChI=1S/C10H23NO/c1-6-11(7-2)8-10(3,4)9-12-5/h6-9H2,1-5H3. The molecule has 2 heteroatoms. The van der Waals surface area contributed by atoms with Gasteiger partial charge in [0.15, 0.2) is 0 Å². The summed E-state index contributed by atoms with van der Waals surface area (Å²) < 4.78 is 5.17. The lowest BCUT2D eigenvalue weighted by atomic mass is 9.94. The van der Waals surface area contributed by atoms with Crippen molar-refractivity contribution in [2.24, 2.45) is 5.41 Å². The summed E-state index contributed by atoms with van der Waals surface area (Å²) in [6.07, 6.45) is 0. The maximum absolute atomic E-state index is 5.17. The number of hydrogen-bond donors (Lipinski definition) is 0. The van der Waals surface area contributed by atoms with Crippen LogP contribution in [0.1, 0.15) is 27.7 Å². The normalized spacial score (nSPS) is 12.5. The molecule has 0 radical (unpaired) electrons. The van der Waals surface area contributed by atoms with Crippen LogP contribution in [0.2, 0.25) is 0 Å². The van der Waals surface area contributed by atoms with Gasteiger partial charge >= 0.3 is 0 Å². The molecule has 0 aromatic carbocycles. The minimum atomic E-state index is 0.279. The van der Waals surface area contributed by atoms with E-state index >= 15 is 0 Å². The van der Waals surface area contributed by atoms with Crippen molar-refractivity contribution in [2.75, 3.05) is 33.4 Å². The van der Waals surface area contributed by atoms with Crippen LogP contribution in [0.25, 0.3) is 0 Å². The van der Waals surface area contributed by atoms with E-state index in [-0.39, 0.29) is 5.41 Å². The molecule has 2 nitrogen and oxygen atoms in total. The first-order valence-electron chi connectivity index (χ1n) is 4.77. The van der Waals surface area contributed by atoms with Crippen LogP contribution in [0.15, 0.2) is 0 Å². The highest BCUT2D eigenvalue weighted by Gasteiger charge is 2.19. The van der Waals surface area contributed by atoms with E-state index in [0.717, 1.165) is 26.2 Å². The highest BCUT2D eigenvalue weighted by molar-refractivity contribution is 4.72. The van der Waals surface area contributed by atoms with Crippen molar-refractivity contribution in [3.05, 3.63) is 0 Å². The second-order valence-corrected chi connectivity index (χ2v) is 4.06. The summed E-state index contributed by atoms with van der Waals surface area (Å²) in [5, 5.41) is 0. The zero-order valence-electron chi connectivity index (χ0n) is 9.18. The van der Waals surface area contributed by atoms with Gasteiger partial charge in [0.2, 0.25) is 0 Å². The van der Waals surface area contributed by atoms with E-state index in [1.54, 1.807) is 7.11 Å². The Kier molecular flexibility index (Phi) is 5.51. The van der Waals surface area contributed by atoms with Gasteiger partial charge in [0.25, 0.3) is 0 Å². The Morgan fingerprint density at radius 1 is 1.17 bits per heavy atom. The Hall–Kier alpha value is -0.0800. The van der Waals surface area contributed by atoms with Gasteiger partial charge in [0, 0.05) is 19.1 Å². The zero-order valence-corrected chi connectivity index (χ0v) is 9.18. The van der Waals surface area contributed by atoms with Gasteiger partial charge in [-0.05, 0) is 13.1 Å². The Morgan fingerprint density at radius 3 is 2.00 bits per heavy atom. The fourth-order valence-electron chi connectivity index (χ4n) is 1.49. The summed E-state index contributed by atoms with van der Waals surface area (Å²) in [6, 6.07) is 0. The minimum Gasteiger partial charge on any atom is -0.384 e. The molecule has 12 heavy (non-hydrogen) atoms. The smallest absolute Gasteiger partial charge is 0.0525 e. The van der Waals surface area contributed by atoms with Crippen molar-refractivity contribution >= 4 is 0 Å². The molecule has 0 aliphatic carbocycles. The molecule has 0 N–H and O–H groups in total. The van der Waals surface area contributed by atoms with Crippen LogP contribution >= 0.6 is 0 Å². The van der Waals surface area contributed by atoms with E-state index in [1.807, 2.05) is 0 Å². The van der Waals surface area contributed by atoms with E-state index in [0.29, 0.717) is 0 Å². The molecular weight excluding hydrogens is 150 g/mol.